The van der Waals surface area contributed by atoms with E-state index >= 15 is 0 Å². The van der Waals surface area contributed by atoms with E-state index in [1.54, 1.807) is 12.1 Å². The van der Waals surface area contributed by atoms with Crippen molar-refractivity contribution in [3.63, 3.8) is 0 Å². The first-order chi connectivity index (χ1) is 12.6. The van der Waals surface area contributed by atoms with Gasteiger partial charge in [-0.15, -0.1) is 0 Å². The zero-order valence-corrected chi connectivity index (χ0v) is 16.1. The zero-order chi connectivity index (χ0) is 18.5. The average Bonchev–Trinajstić information content (AvgIpc) is 3.05. The zero-order valence-electron chi connectivity index (χ0n) is 13.7. The number of phenols is 1. The highest BCUT2D eigenvalue weighted by molar-refractivity contribution is 9.10. The molecule has 0 atom stereocenters. The quantitative estimate of drug-likeness (QED) is 0.314. The number of imidazole rings is 1. The van der Waals surface area contributed by atoms with Crippen molar-refractivity contribution >= 4 is 50.8 Å². The molecule has 0 bridgehead atoms. The number of methoxy groups -OCH3 is 1. The predicted molar refractivity (Wildman–Crippen MR) is 105 cm³/mol. The number of para-hydroxylation sites is 2. The van der Waals surface area contributed by atoms with Crippen molar-refractivity contribution in [3.8, 4) is 11.5 Å². The summed E-state index contributed by atoms with van der Waals surface area (Å²) in [4.78, 5) is 19.4. The number of aromatic amines is 1. The Balaban J connectivity index is 1.55. The van der Waals surface area contributed by atoms with Crippen molar-refractivity contribution in [1.29, 1.82) is 0 Å². The van der Waals surface area contributed by atoms with Crippen LogP contribution < -0.4 is 10.2 Å². The fraction of sp³-hybridized carbons (Fsp3) is 0.118. The van der Waals surface area contributed by atoms with Gasteiger partial charge in [0.1, 0.15) is 0 Å². The van der Waals surface area contributed by atoms with Crippen LogP contribution in [0.3, 0.4) is 0 Å². The molecule has 0 fully saturated rings. The lowest BCUT2D eigenvalue weighted by molar-refractivity contribution is -0.118. The number of amides is 1. The molecule has 134 valence electrons. The van der Waals surface area contributed by atoms with Crippen LogP contribution >= 0.6 is 27.7 Å². The van der Waals surface area contributed by atoms with Gasteiger partial charge in [0.05, 0.1) is 34.6 Å². The number of carbonyl (C=O) groups is 1. The summed E-state index contributed by atoms with van der Waals surface area (Å²) in [5, 5.41) is 14.4. The SMILES string of the molecule is COc1cc(C=NNC(=O)CSc2nc3ccccc3[nH]2)cc(Br)c1O. The molecule has 3 rings (SSSR count). The van der Waals surface area contributed by atoms with Gasteiger partial charge in [-0.25, -0.2) is 10.4 Å². The van der Waals surface area contributed by atoms with Crippen molar-refractivity contribution in [2.24, 2.45) is 5.10 Å². The maximum absolute atomic E-state index is 11.9. The minimum atomic E-state index is -0.253. The number of aromatic hydroxyl groups is 1. The van der Waals surface area contributed by atoms with Crippen LogP contribution in [0.15, 0.2) is 51.1 Å². The molecule has 1 heterocycles. The second kappa shape index (κ2) is 8.24. The number of aromatic nitrogens is 2. The number of halogens is 1. The predicted octanol–water partition coefficient (Wildman–Crippen LogP) is 3.28. The van der Waals surface area contributed by atoms with E-state index in [4.69, 9.17) is 4.74 Å². The molecule has 0 unspecified atom stereocenters. The molecule has 0 spiro atoms. The van der Waals surface area contributed by atoms with E-state index in [1.807, 2.05) is 24.3 Å². The maximum Gasteiger partial charge on any atom is 0.250 e. The first-order valence-corrected chi connectivity index (χ1v) is 9.30. The molecule has 0 radical (unpaired) electrons. The Morgan fingerprint density at radius 2 is 2.27 bits per heavy atom. The fourth-order valence-corrected chi connectivity index (χ4v) is 3.30. The van der Waals surface area contributed by atoms with Crippen LogP contribution in [0.4, 0.5) is 0 Å². The number of H-pyrrole nitrogens is 1. The number of nitrogens with one attached hydrogen (secondary N) is 2. The molecule has 9 heteroatoms. The number of carbonyl (C=O) groups excluding carboxylic acids is 1. The van der Waals surface area contributed by atoms with Crippen molar-refractivity contribution in [2.45, 2.75) is 5.16 Å². The summed E-state index contributed by atoms with van der Waals surface area (Å²) < 4.78 is 5.54. The van der Waals surface area contributed by atoms with E-state index in [-0.39, 0.29) is 17.4 Å². The Labute approximate surface area is 162 Å². The first-order valence-electron chi connectivity index (χ1n) is 7.53. The standard InChI is InChI=1S/C17H15BrN4O3S/c1-25-14-7-10(6-11(18)16(14)24)8-19-22-15(23)9-26-17-20-12-4-2-3-5-13(12)21-17/h2-8,24H,9H2,1H3,(H,20,21)(H,22,23). The van der Waals surface area contributed by atoms with Gasteiger partial charge in [0.15, 0.2) is 16.7 Å². The second-order valence-corrected chi connectivity index (χ2v) is 7.01. The highest BCUT2D eigenvalue weighted by Crippen LogP contribution is 2.34. The second-order valence-electron chi connectivity index (χ2n) is 5.19. The molecule has 0 aliphatic rings. The van der Waals surface area contributed by atoms with Gasteiger partial charge in [0, 0.05) is 0 Å². The summed E-state index contributed by atoms with van der Waals surface area (Å²) in [7, 11) is 1.46. The lowest BCUT2D eigenvalue weighted by Crippen LogP contribution is -2.19. The van der Waals surface area contributed by atoms with Crippen LogP contribution in [-0.2, 0) is 4.79 Å². The summed E-state index contributed by atoms with van der Waals surface area (Å²) in [6.07, 6.45) is 1.47. The van der Waals surface area contributed by atoms with Gasteiger partial charge >= 0.3 is 0 Å². The molecular formula is C17H15BrN4O3S. The summed E-state index contributed by atoms with van der Waals surface area (Å²) in [5.74, 6) is 0.250. The highest BCUT2D eigenvalue weighted by atomic mass is 79.9. The van der Waals surface area contributed by atoms with E-state index in [0.29, 0.717) is 20.9 Å². The highest BCUT2D eigenvalue weighted by Gasteiger charge is 2.08. The number of thioether (sulfide) groups is 1. The van der Waals surface area contributed by atoms with Crippen LogP contribution in [0.25, 0.3) is 11.0 Å². The van der Waals surface area contributed by atoms with E-state index in [2.05, 4.69) is 36.4 Å². The van der Waals surface area contributed by atoms with Gasteiger partial charge in [-0.2, -0.15) is 5.10 Å². The number of benzene rings is 2. The van der Waals surface area contributed by atoms with Gasteiger partial charge in [-0.1, -0.05) is 23.9 Å². The van der Waals surface area contributed by atoms with Crippen LogP contribution in [0.5, 0.6) is 11.5 Å². The van der Waals surface area contributed by atoms with Crippen molar-refractivity contribution in [1.82, 2.24) is 15.4 Å². The lowest BCUT2D eigenvalue weighted by atomic mass is 10.2. The molecule has 26 heavy (non-hydrogen) atoms. The summed E-state index contributed by atoms with van der Waals surface area (Å²) in [5.41, 5.74) is 4.91. The summed E-state index contributed by atoms with van der Waals surface area (Å²) in [6.45, 7) is 0. The molecule has 0 aliphatic heterocycles. The van der Waals surface area contributed by atoms with Crippen molar-refractivity contribution < 1.29 is 14.6 Å². The normalized spacial score (nSPS) is 11.2. The number of nitrogens with zero attached hydrogens (tertiary/aromatic N) is 2. The average molecular weight is 435 g/mol. The summed E-state index contributed by atoms with van der Waals surface area (Å²) >= 11 is 4.53. The molecule has 0 saturated heterocycles. The van der Waals surface area contributed by atoms with Crippen LogP contribution in [0.1, 0.15) is 5.56 Å². The van der Waals surface area contributed by atoms with E-state index in [1.165, 1.54) is 25.1 Å². The fourth-order valence-electron chi connectivity index (χ4n) is 2.17. The third kappa shape index (κ3) is 4.36. The monoisotopic (exact) mass is 434 g/mol. The largest absolute Gasteiger partial charge is 0.503 e. The van der Waals surface area contributed by atoms with E-state index in [0.717, 1.165) is 11.0 Å². The van der Waals surface area contributed by atoms with Gasteiger partial charge in [-0.05, 0) is 45.8 Å². The van der Waals surface area contributed by atoms with Gasteiger partial charge < -0.3 is 14.8 Å². The molecule has 7 nitrogen and oxygen atoms in total. The minimum absolute atomic E-state index is 0.0101. The number of hydrazone groups is 1. The van der Waals surface area contributed by atoms with Crippen LogP contribution in [-0.4, -0.2) is 40.1 Å². The smallest absolute Gasteiger partial charge is 0.250 e. The number of phenolic OH excluding ortho intramolecular Hbond substituents is 1. The minimum Gasteiger partial charge on any atom is -0.503 e. The third-order valence-electron chi connectivity index (χ3n) is 3.38. The molecule has 1 amide bonds. The Hall–Kier alpha value is -2.52. The van der Waals surface area contributed by atoms with Crippen LogP contribution in [0, 0.1) is 0 Å². The van der Waals surface area contributed by atoms with Gasteiger partial charge in [0.2, 0.25) is 0 Å². The molecule has 2 aromatic carbocycles. The molecule has 0 aliphatic carbocycles. The van der Waals surface area contributed by atoms with Gasteiger partial charge in [0.25, 0.3) is 5.91 Å². The summed E-state index contributed by atoms with van der Waals surface area (Å²) in [6, 6.07) is 10.9. The molecule has 0 saturated carbocycles. The Morgan fingerprint density at radius 3 is 3.04 bits per heavy atom. The Bertz CT molecular complexity index is 941. The maximum atomic E-state index is 11.9. The number of rotatable bonds is 6. The molecule has 3 aromatic rings. The van der Waals surface area contributed by atoms with Crippen LogP contribution in [0.2, 0.25) is 0 Å². The Morgan fingerprint density at radius 1 is 1.46 bits per heavy atom. The molecule has 3 N–H and O–H groups in total. The number of fused-ring (bicyclic) bond motifs is 1. The first kappa shape index (κ1) is 18.3. The number of hydrogen-bond donors (Lipinski definition) is 3. The number of hydrogen-bond acceptors (Lipinski definition) is 6. The van der Waals surface area contributed by atoms with Crippen molar-refractivity contribution in [3.05, 3.63) is 46.4 Å². The van der Waals surface area contributed by atoms with Crippen molar-refractivity contribution in [2.75, 3.05) is 12.9 Å². The molecular weight excluding hydrogens is 420 g/mol. The van der Waals surface area contributed by atoms with Gasteiger partial charge in [-0.3, -0.25) is 4.79 Å². The number of ether oxygens (including phenoxy) is 1. The molecule has 1 aromatic heterocycles. The van der Waals surface area contributed by atoms with E-state index < -0.39 is 0 Å². The Kier molecular flexibility index (Phi) is 5.79. The van der Waals surface area contributed by atoms with E-state index in [9.17, 15) is 9.90 Å². The topological polar surface area (TPSA) is 99.6 Å². The third-order valence-corrected chi connectivity index (χ3v) is 4.86. The lowest BCUT2D eigenvalue weighted by Gasteiger charge is -2.06.